The Balaban J connectivity index is 0.000000248. The molecule has 2 heterocycles. The van der Waals surface area contributed by atoms with E-state index in [0.717, 1.165) is 61.3 Å². The van der Waals surface area contributed by atoms with Gasteiger partial charge in [-0.1, -0.05) is 108 Å². The first-order valence-electron chi connectivity index (χ1n) is 26.5. The average Bonchev–Trinajstić information content (AvgIpc) is 4.23. The van der Waals surface area contributed by atoms with E-state index in [4.69, 9.17) is 43.5 Å². The van der Waals surface area contributed by atoms with E-state index in [0.29, 0.717) is 40.7 Å². The minimum absolute atomic E-state index is 0. The molecule has 82 heavy (non-hydrogen) atoms. The summed E-state index contributed by atoms with van der Waals surface area (Å²) in [6.07, 6.45) is 2.53. The number of carbonyl (C=O) groups is 4. The number of halogens is 4. The van der Waals surface area contributed by atoms with Gasteiger partial charge in [-0.15, -0.1) is 0 Å². The van der Waals surface area contributed by atoms with Crippen molar-refractivity contribution in [2.24, 2.45) is 5.73 Å². The van der Waals surface area contributed by atoms with Crippen molar-refractivity contribution in [3.8, 4) is 33.8 Å². The molecule has 6 aromatic carbocycles. The van der Waals surface area contributed by atoms with Crippen molar-refractivity contribution in [1.29, 1.82) is 0 Å². The number of carboxylic acids is 1. The summed E-state index contributed by atoms with van der Waals surface area (Å²) in [4.78, 5) is 52.2. The van der Waals surface area contributed by atoms with Crippen LogP contribution in [0, 0.1) is 11.6 Å². The standard InChI is InChI=1S/C31H34ClFN2O5.C17H27ClN2O3.C14H9FO3.V/c1-31(2,39)19-40-27-14-11-23(17-25(27)32)28(36)26(18-35-15-3-4-16-35)34-30(38)29(37)22-7-5-20(6-8-22)21-9-12-24(33)13-10-21;1-17(2,22)11-23-15-6-5-12(9-13(15)18)16(21)14(19)10-20-7-3-4-8-20;15-12-7-5-10(6-8-12)9-1-3-11(4-2-9)13(16)14(17)18;/h5-14,17,26,28,36,39H,3-4,15-16,18-19H2,1-2H3,(H,34,38);5-6,9,14,16,21-22H,3-4,7-8,10-11,19H2,1-2H3;1-8H,(H,17,18);/t26-,28-;14-,16?;;/m11../s1. The quantitative estimate of drug-likeness (QED) is 0.0263. The molecule has 0 spiro atoms. The number of amides is 1. The SMILES string of the molecule is CC(C)(O)COc1ccc(C(O)[C@H](N)CN2CCCC2)cc1Cl.CC(C)(O)COc1ccc([C@@H](O)[C@@H](CN2CCCC2)NC(=O)C(=O)c2ccc(-c3ccc(F)cc3)cc2)cc1Cl.O=C(O)C(=O)c1ccc(-c2ccc(F)cc2)cc1.[V]. The molecule has 20 heteroatoms. The van der Waals surface area contributed by atoms with Crippen LogP contribution in [0.5, 0.6) is 11.5 Å². The number of benzene rings is 6. The normalized spacial score (nSPS) is 15.0. The fourth-order valence-corrected chi connectivity index (χ4v) is 9.34. The van der Waals surface area contributed by atoms with Gasteiger partial charge >= 0.3 is 5.97 Å². The number of hydrogen-bond donors (Lipinski definition) is 7. The summed E-state index contributed by atoms with van der Waals surface area (Å²) in [6.45, 7) is 11.5. The largest absolute Gasteiger partial charge is 0.489 e. The van der Waals surface area contributed by atoms with Gasteiger partial charge in [0.25, 0.3) is 11.7 Å². The Morgan fingerprint density at radius 2 is 0.927 bits per heavy atom. The van der Waals surface area contributed by atoms with Crippen molar-refractivity contribution >= 4 is 46.6 Å². The smallest absolute Gasteiger partial charge is 0.377 e. The van der Waals surface area contributed by atoms with Gasteiger partial charge in [-0.3, -0.25) is 14.4 Å². The molecule has 0 saturated carbocycles. The number of rotatable bonds is 21. The van der Waals surface area contributed by atoms with Crippen LogP contribution in [0.4, 0.5) is 8.78 Å². The van der Waals surface area contributed by atoms with E-state index in [1.165, 1.54) is 49.2 Å². The molecule has 2 saturated heterocycles. The molecule has 0 aromatic heterocycles. The zero-order valence-electron chi connectivity index (χ0n) is 46.1. The second-order valence-corrected chi connectivity index (χ2v) is 22.2. The number of hydrogen-bond acceptors (Lipinski definition) is 13. The number of carbonyl (C=O) groups excluding carboxylic acids is 3. The number of likely N-dealkylation sites (tertiary alicyclic amines) is 2. The zero-order valence-corrected chi connectivity index (χ0v) is 49.0. The zero-order chi connectivity index (χ0) is 59.0. The van der Waals surface area contributed by atoms with E-state index in [1.54, 1.807) is 125 Å². The van der Waals surface area contributed by atoms with Crippen molar-refractivity contribution < 1.29 is 81.5 Å². The van der Waals surface area contributed by atoms with Gasteiger partial charge in [-0.05, 0) is 161 Å². The van der Waals surface area contributed by atoms with Crippen LogP contribution >= 0.6 is 23.2 Å². The first kappa shape index (κ1) is 66.7. The number of nitrogens with one attached hydrogen (secondary N) is 1. The van der Waals surface area contributed by atoms with E-state index in [-0.39, 0.29) is 65.6 Å². The van der Waals surface area contributed by atoms with Crippen LogP contribution in [0.25, 0.3) is 22.3 Å². The van der Waals surface area contributed by atoms with Crippen LogP contribution in [0.3, 0.4) is 0 Å². The number of Topliss-reactive ketones (excluding diaryl/α,β-unsaturated/α-hetero) is 2. The van der Waals surface area contributed by atoms with Crippen molar-refractivity contribution in [3.05, 3.63) is 177 Å². The Bertz CT molecular complexity index is 3040. The van der Waals surface area contributed by atoms with Crippen LogP contribution in [-0.2, 0) is 28.1 Å². The minimum atomic E-state index is -1.48. The summed E-state index contributed by atoms with van der Waals surface area (Å²) in [5.41, 5.74) is 8.78. The Morgan fingerprint density at radius 3 is 1.29 bits per heavy atom. The Hall–Kier alpha value is -6.06. The van der Waals surface area contributed by atoms with Gasteiger partial charge in [0, 0.05) is 48.8 Å². The number of ether oxygens (including phenoxy) is 2. The third kappa shape index (κ3) is 20.7. The number of aliphatic hydroxyl groups is 4. The molecule has 0 bridgehead atoms. The maximum absolute atomic E-state index is 13.2. The molecule has 15 nitrogen and oxygen atoms in total. The van der Waals surface area contributed by atoms with Crippen LogP contribution < -0.4 is 20.5 Å². The summed E-state index contributed by atoms with van der Waals surface area (Å²) in [6, 6.07) is 33.4. The molecule has 1 amide bonds. The van der Waals surface area contributed by atoms with Crippen molar-refractivity contribution in [1.82, 2.24) is 15.1 Å². The number of nitrogens with zero attached hydrogens (tertiary/aromatic N) is 2. The first-order chi connectivity index (χ1) is 38.3. The molecule has 4 atom stereocenters. The second-order valence-electron chi connectivity index (χ2n) is 21.4. The van der Waals surface area contributed by atoms with Gasteiger partial charge in [0.1, 0.15) is 42.5 Å². The molecular weight excluding hydrogens is 1140 g/mol. The van der Waals surface area contributed by atoms with Crippen molar-refractivity contribution in [3.63, 3.8) is 0 Å². The van der Waals surface area contributed by atoms with Gasteiger partial charge in [0.2, 0.25) is 5.78 Å². The van der Waals surface area contributed by atoms with E-state index in [1.807, 2.05) is 0 Å². The summed E-state index contributed by atoms with van der Waals surface area (Å²) < 4.78 is 37.1. The fourth-order valence-electron chi connectivity index (χ4n) is 8.86. The molecule has 2 fully saturated rings. The maximum atomic E-state index is 13.2. The molecule has 2 aliphatic rings. The topological polar surface area (TPSA) is 232 Å². The molecule has 8 rings (SSSR count). The monoisotopic (exact) mass is 1210 g/mol. The van der Waals surface area contributed by atoms with Gasteiger partial charge < -0.3 is 55.9 Å². The first-order valence-corrected chi connectivity index (χ1v) is 27.3. The summed E-state index contributed by atoms with van der Waals surface area (Å²) >= 11 is 12.6. The van der Waals surface area contributed by atoms with Gasteiger partial charge in [0.15, 0.2) is 0 Å². The maximum Gasteiger partial charge on any atom is 0.377 e. The molecule has 8 N–H and O–H groups in total. The summed E-state index contributed by atoms with van der Waals surface area (Å²) in [7, 11) is 0. The van der Waals surface area contributed by atoms with E-state index < -0.39 is 52.9 Å². The number of carboxylic acid groups (broad SMARTS) is 1. The predicted molar refractivity (Wildman–Crippen MR) is 308 cm³/mol. The molecular formula is C62H70Cl2F2N4O11V. The Labute approximate surface area is 498 Å². The molecule has 1 unspecified atom stereocenters. The van der Waals surface area contributed by atoms with Crippen LogP contribution in [0.1, 0.15) is 97.4 Å². The summed E-state index contributed by atoms with van der Waals surface area (Å²) in [5.74, 6) is -3.79. The van der Waals surface area contributed by atoms with Crippen LogP contribution in [0.2, 0.25) is 10.0 Å². The number of ketones is 2. The van der Waals surface area contributed by atoms with Crippen molar-refractivity contribution in [2.75, 3.05) is 52.5 Å². The third-order valence-corrected chi connectivity index (χ3v) is 13.8. The molecule has 6 aromatic rings. The molecule has 2 aliphatic heterocycles. The van der Waals surface area contributed by atoms with E-state index >= 15 is 0 Å². The van der Waals surface area contributed by atoms with Crippen LogP contribution in [-0.4, -0.2) is 135 Å². The number of aliphatic carboxylic acids is 1. The van der Waals surface area contributed by atoms with Crippen LogP contribution in [0.15, 0.2) is 133 Å². The van der Waals surface area contributed by atoms with Crippen molar-refractivity contribution in [2.45, 2.75) is 88.9 Å². The average molecular weight is 1210 g/mol. The Morgan fingerprint density at radius 1 is 0.573 bits per heavy atom. The van der Waals surface area contributed by atoms with Gasteiger partial charge in [-0.25, -0.2) is 13.6 Å². The van der Waals surface area contributed by atoms with E-state index in [2.05, 4.69) is 15.1 Å². The fraction of sp³-hybridized carbons (Fsp3) is 0.355. The predicted octanol–water partition coefficient (Wildman–Crippen LogP) is 9.50. The van der Waals surface area contributed by atoms with E-state index in [9.17, 15) is 48.4 Å². The summed E-state index contributed by atoms with van der Waals surface area (Å²) in [5, 5.41) is 53.3. The molecule has 437 valence electrons. The number of aliphatic hydroxyl groups excluding tert-OH is 2. The minimum Gasteiger partial charge on any atom is -0.489 e. The second kappa shape index (κ2) is 31.0. The van der Waals surface area contributed by atoms with Gasteiger partial charge in [0.05, 0.1) is 33.4 Å². The third-order valence-electron chi connectivity index (χ3n) is 13.2. The Kier molecular flexibility index (Phi) is 25.2. The number of nitrogens with two attached hydrogens (primary N) is 1. The molecule has 0 aliphatic carbocycles. The van der Waals surface area contributed by atoms with Gasteiger partial charge in [-0.2, -0.15) is 0 Å². The molecule has 1 radical (unpaired) electrons.